The number of aromatic nitrogens is 4. The molecule has 2 saturated carbocycles. The lowest BCUT2D eigenvalue weighted by Crippen LogP contribution is -2.39. The molecule has 4 fully saturated rings. The van der Waals surface area contributed by atoms with Crippen LogP contribution < -0.4 is 32.0 Å². The molecule has 14 nitrogen and oxygen atoms in total. The zero-order chi connectivity index (χ0) is 43.0. The Balaban J connectivity index is 0.000000240. The molecule has 2 aliphatic carbocycles. The van der Waals surface area contributed by atoms with Crippen molar-refractivity contribution in [3.63, 3.8) is 0 Å². The van der Waals surface area contributed by atoms with Gasteiger partial charge in [0.1, 0.15) is 12.1 Å². The molecule has 2 aliphatic heterocycles. The van der Waals surface area contributed by atoms with Gasteiger partial charge < -0.3 is 39.5 Å². The smallest absolute Gasteiger partial charge is 0.253 e. The number of nitrogens with one attached hydrogen (secondary N) is 3. The van der Waals surface area contributed by atoms with Crippen LogP contribution in [0.25, 0.3) is 0 Å². The van der Waals surface area contributed by atoms with Crippen LogP contribution in [0.3, 0.4) is 0 Å². The molecule has 6 heterocycles. The Morgan fingerprint density at radius 2 is 1.17 bits per heavy atom. The summed E-state index contributed by atoms with van der Waals surface area (Å²) in [7, 11) is 0. The first kappa shape index (κ1) is 51.9. The van der Waals surface area contributed by atoms with Gasteiger partial charge in [0, 0.05) is 83.0 Å². The largest absolute Gasteiger partial charge is 0.379 e. The number of carbonyl (C=O) groups excluding carboxylic acids is 2. The lowest BCUT2D eigenvalue weighted by molar-refractivity contribution is -0.120. The molecule has 4 aromatic heterocycles. The van der Waals surface area contributed by atoms with Gasteiger partial charge in [0.2, 0.25) is 11.8 Å². The third-order valence-corrected chi connectivity index (χ3v) is 13.6. The number of halogens is 1. The van der Waals surface area contributed by atoms with Gasteiger partial charge in [-0.05, 0) is 50.7 Å². The molecule has 348 valence electrons. The summed E-state index contributed by atoms with van der Waals surface area (Å²) in [5, 5.41) is 13.8. The van der Waals surface area contributed by atoms with Gasteiger partial charge in [-0.25, -0.2) is 9.97 Å². The van der Waals surface area contributed by atoms with Crippen LogP contribution >= 0.6 is 38.6 Å². The second-order valence-electron chi connectivity index (χ2n) is 16.2. The maximum Gasteiger partial charge on any atom is 0.253 e. The summed E-state index contributed by atoms with van der Waals surface area (Å²) >= 11 is 6.13. The van der Waals surface area contributed by atoms with Crippen LogP contribution in [0.1, 0.15) is 115 Å². The maximum atomic E-state index is 13.2. The molecule has 2 amide bonds. The van der Waals surface area contributed by atoms with Crippen LogP contribution in [-0.2, 0) is 19.1 Å². The van der Waals surface area contributed by atoms with Gasteiger partial charge in [0.25, 0.3) is 11.1 Å². The third-order valence-electron chi connectivity index (χ3n) is 11.8. The summed E-state index contributed by atoms with van der Waals surface area (Å²) in [4.78, 5) is 62.5. The second kappa shape index (κ2) is 26.9. The first-order chi connectivity index (χ1) is 29.7. The van der Waals surface area contributed by atoms with Crippen LogP contribution in [-0.4, -0.2) is 83.5 Å². The summed E-state index contributed by atoms with van der Waals surface area (Å²) in [6, 6.07) is 6.07. The summed E-state index contributed by atoms with van der Waals surface area (Å²) < 4.78 is 14.5. The number of nitrogens with zero attached hydrogens (tertiary/aromatic N) is 5. The molecule has 4 aliphatic rings. The normalized spacial score (nSPS) is 17.9. The number of thiazole rings is 2. The van der Waals surface area contributed by atoms with E-state index >= 15 is 0 Å². The van der Waals surface area contributed by atoms with Gasteiger partial charge in [-0.3, -0.25) is 19.2 Å². The molecule has 0 aromatic carbocycles. The van der Waals surface area contributed by atoms with Gasteiger partial charge in [0.05, 0.1) is 26.4 Å². The minimum absolute atomic E-state index is 0. The maximum absolute atomic E-state index is 13.2. The summed E-state index contributed by atoms with van der Waals surface area (Å²) in [6.45, 7) is 10.5. The Morgan fingerprint density at radius 1 is 0.714 bits per heavy atom. The minimum atomic E-state index is -0.525. The Bertz CT molecular complexity index is 2060. The molecule has 3 N–H and O–H groups in total. The Labute approximate surface area is 389 Å². The highest BCUT2D eigenvalue weighted by atomic mass is 79.9. The van der Waals surface area contributed by atoms with E-state index in [9.17, 15) is 19.2 Å². The van der Waals surface area contributed by atoms with Gasteiger partial charge in [-0.1, -0.05) is 95.0 Å². The van der Waals surface area contributed by atoms with Crippen molar-refractivity contribution < 1.29 is 19.1 Å². The average Bonchev–Trinajstić information content (AvgIpc) is 3.99. The van der Waals surface area contributed by atoms with Crippen molar-refractivity contribution in [3.05, 3.63) is 84.0 Å². The van der Waals surface area contributed by atoms with E-state index in [-0.39, 0.29) is 37.8 Å². The summed E-state index contributed by atoms with van der Waals surface area (Å²) in [6.07, 6.45) is 16.6. The Morgan fingerprint density at radius 3 is 1.57 bits per heavy atom. The van der Waals surface area contributed by atoms with Gasteiger partial charge >= 0.3 is 0 Å². The number of amides is 2. The Hall–Kier alpha value is -3.74. The third kappa shape index (κ3) is 15.7. The molecule has 63 heavy (non-hydrogen) atoms. The molecule has 2 unspecified atom stereocenters. The van der Waals surface area contributed by atoms with E-state index in [1.165, 1.54) is 67.3 Å². The van der Waals surface area contributed by atoms with E-state index in [2.05, 4.69) is 46.7 Å². The highest BCUT2D eigenvalue weighted by Gasteiger charge is 2.30. The predicted molar refractivity (Wildman–Crippen MR) is 261 cm³/mol. The average molecular weight is 974 g/mol. The van der Waals surface area contributed by atoms with E-state index in [1.807, 2.05) is 36.7 Å². The van der Waals surface area contributed by atoms with Crippen molar-refractivity contribution in [1.29, 1.82) is 0 Å². The number of ether oxygens (including phenoxy) is 2. The number of rotatable bonds is 11. The zero-order valence-corrected chi connectivity index (χ0v) is 38.7. The summed E-state index contributed by atoms with van der Waals surface area (Å²) in [5.41, 5.74) is 2.25. The van der Waals surface area contributed by atoms with Gasteiger partial charge in [0.15, 0.2) is 10.3 Å². The van der Waals surface area contributed by atoms with Crippen LogP contribution in [0.4, 0.5) is 16.0 Å². The number of hydrogen-bond acceptors (Lipinski definition) is 12. The number of pyridine rings is 2. The highest BCUT2D eigenvalue weighted by Crippen LogP contribution is 2.33. The van der Waals surface area contributed by atoms with E-state index in [1.54, 1.807) is 27.6 Å². The number of anilines is 3. The molecule has 2 saturated heterocycles. The van der Waals surface area contributed by atoms with E-state index < -0.39 is 12.1 Å². The van der Waals surface area contributed by atoms with Crippen LogP contribution in [0.2, 0.25) is 0 Å². The molecule has 0 radical (unpaired) electrons. The fourth-order valence-electron chi connectivity index (χ4n) is 8.77. The first-order valence-corrected chi connectivity index (χ1v) is 24.3. The molecule has 0 spiro atoms. The number of aryl methyl sites for hydroxylation is 2. The van der Waals surface area contributed by atoms with Gasteiger partial charge in [-0.2, -0.15) is 0 Å². The van der Waals surface area contributed by atoms with Crippen LogP contribution in [0, 0.1) is 25.7 Å². The SMILES string of the molecule is C.C.C1COCCN1.Cc1cc(Br)cc(=O)n1C(CC1CCCCC1)C(=O)Nc1nccs1.Cc1cc(N2CCOCC2)cc(=O)n1C(CC1CCCCC1)C(=O)Nc1nccs1. The quantitative estimate of drug-likeness (QED) is 0.132. The van der Waals surface area contributed by atoms with E-state index in [4.69, 9.17) is 9.47 Å². The first-order valence-electron chi connectivity index (χ1n) is 21.8. The van der Waals surface area contributed by atoms with Crippen molar-refractivity contribution in [1.82, 2.24) is 24.4 Å². The van der Waals surface area contributed by atoms with Crippen LogP contribution in [0.5, 0.6) is 0 Å². The van der Waals surface area contributed by atoms with Crippen molar-refractivity contribution in [2.24, 2.45) is 11.8 Å². The van der Waals surface area contributed by atoms with Gasteiger partial charge in [-0.15, -0.1) is 22.7 Å². The topological polar surface area (TPSA) is 162 Å². The van der Waals surface area contributed by atoms with E-state index in [0.717, 1.165) is 86.6 Å². The second-order valence-corrected chi connectivity index (χ2v) is 18.9. The monoisotopic (exact) mass is 972 g/mol. The molecule has 4 aromatic rings. The summed E-state index contributed by atoms with van der Waals surface area (Å²) in [5.74, 6) is 0.639. The lowest BCUT2D eigenvalue weighted by atomic mass is 9.84. The Kier molecular flexibility index (Phi) is 22.2. The number of hydrogen-bond donors (Lipinski definition) is 3. The zero-order valence-electron chi connectivity index (χ0n) is 35.5. The fraction of sp³-hybridized carbons (Fsp3) is 0.609. The van der Waals surface area contributed by atoms with Crippen molar-refractivity contribution >= 4 is 66.4 Å². The van der Waals surface area contributed by atoms with Crippen molar-refractivity contribution in [2.45, 2.75) is 118 Å². The fourth-order valence-corrected chi connectivity index (χ4v) is 10.4. The lowest BCUT2D eigenvalue weighted by Gasteiger charge is -2.31. The molecule has 0 bridgehead atoms. The molecular formula is C46H69BrN8O6S2. The van der Waals surface area contributed by atoms with Crippen molar-refractivity contribution in [3.8, 4) is 0 Å². The molecular weight excluding hydrogens is 905 g/mol. The van der Waals surface area contributed by atoms with Crippen molar-refractivity contribution in [2.75, 3.05) is 68.1 Å². The standard InChI is InChI=1S/C22H30N4O3S.C18H22BrN3O2S.C4H9NO.2CH4/c1-16-13-18(25-8-10-29-11-9-25)15-20(27)26(16)19(14-17-5-3-2-4-6-17)21(28)24-22-23-7-12-30-22;1-12-9-14(19)11-16(23)22(12)15(10-13-5-3-2-4-6-13)17(24)21-18-20-7-8-25-18;1-3-6-4-2-5-1;;/h7,12-13,15,17,19H,2-6,8-11,14H2,1H3,(H,23,24,28);7-9,11,13,15H,2-6,10H2,1H3,(H,20,21,24);5H,1-4H2;2*1H4. The molecule has 2 atom stereocenters. The molecule has 17 heteroatoms. The number of morpholine rings is 2. The van der Waals surface area contributed by atoms with E-state index in [0.29, 0.717) is 48.2 Å². The number of carbonyl (C=O) groups is 2. The highest BCUT2D eigenvalue weighted by molar-refractivity contribution is 9.10. The van der Waals surface area contributed by atoms with Crippen LogP contribution in [0.15, 0.2) is 61.5 Å². The minimum Gasteiger partial charge on any atom is -0.379 e. The predicted octanol–water partition coefficient (Wildman–Crippen LogP) is 9.00. The molecule has 8 rings (SSSR count).